The summed E-state index contributed by atoms with van der Waals surface area (Å²) in [6.45, 7) is 9.70. The van der Waals surface area contributed by atoms with Crippen molar-refractivity contribution in [2.24, 2.45) is 0 Å². The van der Waals surface area contributed by atoms with Crippen molar-refractivity contribution in [3.05, 3.63) is 35.0 Å². The Labute approximate surface area is 93.8 Å². The molecule has 0 saturated heterocycles. The number of anilines is 1. The van der Waals surface area contributed by atoms with E-state index in [1.54, 1.807) is 0 Å². The first kappa shape index (κ1) is 11.2. The predicted molar refractivity (Wildman–Crippen MR) is 64.8 cm³/mol. The lowest BCUT2D eigenvalue weighted by atomic mass is 10.3. The standard InChI is InChI=1S/C11H15BrN2/c1-4-6-14(5-2)11-7-9(3)10(12)8-13-11/h4,7-8H,1,5-6H2,2-3H3. The van der Waals surface area contributed by atoms with Gasteiger partial charge in [-0.3, -0.25) is 0 Å². The highest BCUT2D eigenvalue weighted by Crippen LogP contribution is 2.19. The number of hydrogen-bond donors (Lipinski definition) is 0. The Bertz CT molecular complexity index is 323. The van der Waals surface area contributed by atoms with Crippen LogP contribution in [0.15, 0.2) is 29.4 Å². The van der Waals surface area contributed by atoms with Crippen LogP contribution in [-0.2, 0) is 0 Å². The third-order valence-corrected chi connectivity index (χ3v) is 2.92. The number of rotatable bonds is 4. The molecule has 0 atom stereocenters. The van der Waals surface area contributed by atoms with E-state index in [1.165, 1.54) is 5.56 Å². The molecule has 1 rings (SSSR count). The van der Waals surface area contributed by atoms with Gasteiger partial charge in [0.15, 0.2) is 0 Å². The van der Waals surface area contributed by atoms with Crippen molar-refractivity contribution in [2.45, 2.75) is 13.8 Å². The number of pyridine rings is 1. The van der Waals surface area contributed by atoms with Crippen LogP contribution in [0.5, 0.6) is 0 Å². The van der Waals surface area contributed by atoms with Crippen LogP contribution >= 0.6 is 15.9 Å². The maximum absolute atomic E-state index is 4.36. The van der Waals surface area contributed by atoms with Crippen molar-refractivity contribution in [1.82, 2.24) is 4.98 Å². The van der Waals surface area contributed by atoms with E-state index in [1.807, 2.05) is 12.3 Å². The van der Waals surface area contributed by atoms with Crippen LogP contribution in [0.2, 0.25) is 0 Å². The second kappa shape index (κ2) is 5.15. The molecule has 76 valence electrons. The fraction of sp³-hybridized carbons (Fsp3) is 0.364. The minimum atomic E-state index is 0.838. The van der Waals surface area contributed by atoms with Crippen molar-refractivity contribution in [3.8, 4) is 0 Å². The Hall–Kier alpha value is -0.830. The van der Waals surface area contributed by atoms with Gasteiger partial charge >= 0.3 is 0 Å². The second-order valence-corrected chi connectivity index (χ2v) is 3.97. The predicted octanol–water partition coefficient (Wildman–Crippen LogP) is 3.16. The van der Waals surface area contributed by atoms with Crippen LogP contribution in [0, 0.1) is 6.92 Å². The third-order valence-electron chi connectivity index (χ3n) is 2.09. The average Bonchev–Trinajstić information content (AvgIpc) is 2.19. The SMILES string of the molecule is C=CCN(CC)c1cc(C)c(Br)cn1. The van der Waals surface area contributed by atoms with Crippen molar-refractivity contribution < 1.29 is 0 Å². The van der Waals surface area contributed by atoms with Crippen LogP contribution in [0.1, 0.15) is 12.5 Å². The van der Waals surface area contributed by atoms with Crippen molar-refractivity contribution in [2.75, 3.05) is 18.0 Å². The molecule has 0 aliphatic carbocycles. The molecule has 0 unspecified atom stereocenters. The van der Waals surface area contributed by atoms with Gasteiger partial charge in [0.1, 0.15) is 5.82 Å². The Balaban J connectivity index is 2.93. The third kappa shape index (κ3) is 2.58. The molecule has 0 fully saturated rings. The number of hydrogen-bond acceptors (Lipinski definition) is 2. The summed E-state index contributed by atoms with van der Waals surface area (Å²) in [5, 5.41) is 0. The van der Waals surface area contributed by atoms with Crippen LogP contribution in [-0.4, -0.2) is 18.1 Å². The molecule has 0 radical (unpaired) electrons. The van der Waals surface area contributed by atoms with Gasteiger partial charge in [-0.2, -0.15) is 0 Å². The molecule has 14 heavy (non-hydrogen) atoms. The lowest BCUT2D eigenvalue weighted by Gasteiger charge is -2.20. The van der Waals surface area contributed by atoms with Crippen molar-refractivity contribution in [3.63, 3.8) is 0 Å². The molecular formula is C11H15BrN2. The molecule has 3 heteroatoms. The number of aryl methyl sites for hydroxylation is 1. The molecule has 0 aliphatic rings. The van der Waals surface area contributed by atoms with Crippen LogP contribution in [0.4, 0.5) is 5.82 Å². The Morgan fingerprint density at radius 3 is 2.86 bits per heavy atom. The van der Waals surface area contributed by atoms with Crippen LogP contribution in [0.25, 0.3) is 0 Å². The first-order valence-corrected chi connectivity index (χ1v) is 5.46. The molecule has 0 N–H and O–H groups in total. The van der Waals surface area contributed by atoms with E-state index in [-0.39, 0.29) is 0 Å². The van der Waals surface area contributed by atoms with Gasteiger partial charge in [-0.15, -0.1) is 6.58 Å². The van der Waals surface area contributed by atoms with E-state index in [0.717, 1.165) is 23.4 Å². The topological polar surface area (TPSA) is 16.1 Å². The zero-order chi connectivity index (χ0) is 10.6. The summed E-state index contributed by atoms with van der Waals surface area (Å²) in [4.78, 5) is 6.53. The highest BCUT2D eigenvalue weighted by atomic mass is 79.9. The molecular weight excluding hydrogens is 240 g/mol. The summed E-state index contributed by atoms with van der Waals surface area (Å²) in [6.07, 6.45) is 3.74. The maximum Gasteiger partial charge on any atom is 0.129 e. The second-order valence-electron chi connectivity index (χ2n) is 3.12. The zero-order valence-electron chi connectivity index (χ0n) is 8.63. The summed E-state index contributed by atoms with van der Waals surface area (Å²) in [6, 6.07) is 2.08. The molecule has 0 bridgehead atoms. The lowest BCUT2D eigenvalue weighted by molar-refractivity contribution is 0.880. The summed E-state index contributed by atoms with van der Waals surface area (Å²) in [5.74, 6) is 1.01. The van der Waals surface area contributed by atoms with Gasteiger partial charge in [-0.05, 0) is 41.4 Å². The molecule has 2 nitrogen and oxygen atoms in total. The molecule has 0 spiro atoms. The zero-order valence-corrected chi connectivity index (χ0v) is 10.2. The molecule has 1 heterocycles. The lowest BCUT2D eigenvalue weighted by Crippen LogP contribution is -2.23. The van der Waals surface area contributed by atoms with Crippen molar-refractivity contribution >= 4 is 21.7 Å². The largest absolute Gasteiger partial charge is 0.353 e. The minimum absolute atomic E-state index is 0.838. The van der Waals surface area contributed by atoms with Gasteiger partial charge in [0.2, 0.25) is 0 Å². The Kier molecular flexibility index (Phi) is 4.14. The number of aromatic nitrogens is 1. The molecule has 0 aromatic carbocycles. The molecule has 0 amide bonds. The Morgan fingerprint density at radius 2 is 2.36 bits per heavy atom. The first-order valence-electron chi connectivity index (χ1n) is 4.67. The number of nitrogens with zero attached hydrogens (tertiary/aromatic N) is 2. The summed E-state index contributed by atoms with van der Waals surface area (Å²) < 4.78 is 1.05. The Morgan fingerprint density at radius 1 is 1.64 bits per heavy atom. The fourth-order valence-corrected chi connectivity index (χ4v) is 1.45. The monoisotopic (exact) mass is 254 g/mol. The van der Waals surface area contributed by atoms with E-state index >= 15 is 0 Å². The van der Waals surface area contributed by atoms with Crippen LogP contribution < -0.4 is 4.90 Å². The number of likely N-dealkylation sites (N-methyl/N-ethyl adjacent to an activating group) is 1. The molecule has 0 aliphatic heterocycles. The van der Waals surface area contributed by atoms with Gasteiger partial charge in [0.05, 0.1) is 0 Å². The van der Waals surface area contributed by atoms with Crippen LogP contribution in [0.3, 0.4) is 0 Å². The molecule has 0 saturated carbocycles. The summed E-state index contributed by atoms with van der Waals surface area (Å²) in [5.41, 5.74) is 1.21. The van der Waals surface area contributed by atoms with E-state index in [0.29, 0.717) is 0 Å². The summed E-state index contributed by atoms with van der Waals surface area (Å²) in [7, 11) is 0. The van der Waals surface area contributed by atoms with Gasteiger partial charge in [0, 0.05) is 23.8 Å². The summed E-state index contributed by atoms with van der Waals surface area (Å²) >= 11 is 3.44. The van der Waals surface area contributed by atoms with E-state index in [9.17, 15) is 0 Å². The fourth-order valence-electron chi connectivity index (χ4n) is 1.24. The maximum atomic E-state index is 4.36. The van der Waals surface area contributed by atoms with Gasteiger partial charge < -0.3 is 4.90 Å². The quantitative estimate of drug-likeness (QED) is 0.768. The van der Waals surface area contributed by atoms with Gasteiger partial charge in [-0.25, -0.2) is 4.98 Å². The van der Waals surface area contributed by atoms with E-state index < -0.39 is 0 Å². The minimum Gasteiger partial charge on any atom is -0.353 e. The normalized spacial score (nSPS) is 9.93. The smallest absolute Gasteiger partial charge is 0.129 e. The van der Waals surface area contributed by atoms with Gasteiger partial charge in [-0.1, -0.05) is 6.08 Å². The van der Waals surface area contributed by atoms with E-state index in [2.05, 4.69) is 52.3 Å². The first-order chi connectivity index (χ1) is 6.69. The molecule has 1 aromatic heterocycles. The number of halogens is 1. The average molecular weight is 255 g/mol. The highest BCUT2D eigenvalue weighted by molar-refractivity contribution is 9.10. The highest BCUT2D eigenvalue weighted by Gasteiger charge is 2.04. The molecule has 1 aromatic rings. The van der Waals surface area contributed by atoms with Crippen molar-refractivity contribution in [1.29, 1.82) is 0 Å². The van der Waals surface area contributed by atoms with Gasteiger partial charge in [0.25, 0.3) is 0 Å². The van der Waals surface area contributed by atoms with E-state index in [4.69, 9.17) is 0 Å².